The first-order chi connectivity index (χ1) is 10.7. The number of rotatable bonds is 4. The van der Waals surface area contributed by atoms with Gasteiger partial charge in [0.15, 0.2) is 0 Å². The Bertz CT molecular complexity index is 579. The first kappa shape index (κ1) is 17.9. The van der Waals surface area contributed by atoms with Crippen LogP contribution in [0.15, 0.2) is 36.5 Å². The van der Waals surface area contributed by atoms with Crippen LogP contribution >= 0.6 is 0 Å². The molecule has 0 saturated heterocycles. The highest BCUT2D eigenvalue weighted by Gasteiger charge is 2.50. The van der Waals surface area contributed by atoms with Crippen LogP contribution in [-0.4, -0.2) is 11.6 Å². The Kier molecular flexibility index (Phi) is 4.84. The fourth-order valence-electron chi connectivity index (χ4n) is 4.73. The van der Waals surface area contributed by atoms with E-state index in [2.05, 4.69) is 33.9 Å². The highest BCUT2D eigenvalue weighted by molar-refractivity contribution is 6.05. The van der Waals surface area contributed by atoms with Crippen molar-refractivity contribution in [3.05, 3.63) is 36.5 Å². The van der Waals surface area contributed by atoms with Crippen LogP contribution in [0, 0.1) is 22.7 Å². The summed E-state index contributed by atoms with van der Waals surface area (Å²) in [5.41, 5.74) is 1.83. The van der Waals surface area contributed by atoms with Gasteiger partial charge in [0.25, 0.3) is 0 Å². The molecule has 2 heteroatoms. The van der Waals surface area contributed by atoms with Crippen LogP contribution in [-0.2, 0) is 9.59 Å². The third kappa shape index (κ3) is 2.88. The monoisotopic (exact) mass is 314 g/mol. The summed E-state index contributed by atoms with van der Waals surface area (Å²) < 4.78 is 0. The van der Waals surface area contributed by atoms with Gasteiger partial charge in [0.2, 0.25) is 0 Å². The lowest BCUT2D eigenvalue weighted by Crippen LogP contribution is -2.48. The Balaban J connectivity index is 2.41. The lowest BCUT2D eigenvalue weighted by molar-refractivity contribution is -0.143. The number of allylic oxidation sites excluding steroid dienone is 4. The zero-order valence-corrected chi connectivity index (χ0v) is 15.1. The van der Waals surface area contributed by atoms with Gasteiger partial charge in [0, 0.05) is 17.8 Å². The summed E-state index contributed by atoms with van der Waals surface area (Å²) in [5.74, 6) is -0.423. The van der Waals surface area contributed by atoms with Crippen LogP contribution in [0.5, 0.6) is 0 Å². The fraction of sp³-hybridized carbons (Fsp3) is 0.619. The van der Waals surface area contributed by atoms with Crippen LogP contribution in [0.4, 0.5) is 0 Å². The van der Waals surface area contributed by atoms with Crippen molar-refractivity contribution in [2.45, 2.75) is 59.8 Å². The molecule has 0 spiro atoms. The first-order valence-corrected chi connectivity index (χ1v) is 8.71. The average Bonchev–Trinajstić information content (AvgIpc) is 2.46. The zero-order valence-electron chi connectivity index (χ0n) is 15.1. The van der Waals surface area contributed by atoms with Gasteiger partial charge >= 0.3 is 0 Å². The maximum atomic E-state index is 13.4. The summed E-state index contributed by atoms with van der Waals surface area (Å²) >= 11 is 0. The van der Waals surface area contributed by atoms with Crippen molar-refractivity contribution in [1.82, 2.24) is 0 Å². The van der Waals surface area contributed by atoms with Gasteiger partial charge in [-0.25, -0.2) is 0 Å². The average molecular weight is 314 g/mol. The topological polar surface area (TPSA) is 34.1 Å². The van der Waals surface area contributed by atoms with E-state index in [1.54, 1.807) is 0 Å². The summed E-state index contributed by atoms with van der Waals surface area (Å²) in [7, 11) is 0. The van der Waals surface area contributed by atoms with Gasteiger partial charge in [-0.15, -0.1) is 6.58 Å². The molecule has 2 nitrogen and oxygen atoms in total. The van der Waals surface area contributed by atoms with Crippen molar-refractivity contribution in [2.24, 2.45) is 22.7 Å². The van der Waals surface area contributed by atoms with E-state index in [9.17, 15) is 9.59 Å². The number of ketones is 2. The van der Waals surface area contributed by atoms with E-state index in [1.165, 1.54) is 11.1 Å². The third-order valence-corrected chi connectivity index (χ3v) is 6.25. The Morgan fingerprint density at radius 1 is 1.22 bits per heavy atom. The Labute approximate surface area is 140 Å². The molecule has 0 aromatic rings. The molecular formula is C21H30O2. The van der Waals surface area contributed by atoms with E-state index >= 15 is 0 Å². The number of Topliss-reactive ketones (excluding diaryl/α,β-unsaturated/α-hetero) is 2. The number of carbonyl (C=O) groups is 2. The van der Waals surface area contributed by atoms with Crippen LogP contribution in [0.25, 0.3) is 0 Å². The molecule has 0 aromatic carbocycles. The van der Waals surface area contributed by atoms with Gasteiger partial charge < -0.3 is 0 Å². The van der Waals surface area contributed by atoms with Crippen molar-refractivity contribution in [1.29, 1.82) is 0 Å². The minimum absolute atomic E-state index is 0.103. The molecule has 2 rings (SSSR count). The SMILES string of the molecule is C=CC1=C(C)CC[C@@H](C(=O)[C@@H]2C(=O)CCC[C@@]2(C)C=C)C1(C)C. The minimum atomic E-state index is -0.525. The van der Waals surface area contributed by atoms with E-state index in [0.29, 0.717) is 6.42 Å². The summed E-state index contributed by atoms with van der Waals surface area (Å²) in [5, 5.41) is 0. The summed E-state index contributed by atoms with van der Waals surface area (Å²) in [4.78, 5) is 26.0. The molecule has 0 heterocycles. The van der Waals surface area contributed by atoms with Gasteiger partial charge in [0.05, 0.1) is 5.92 Å². The normalized spacial score (nSPS) is 34.2. The highest BCUT2D eigenvalue weighted by atomic mass is 16.2. The second-order valence-corrected chi connectivity index (χ2v) is 8.08. The maximum absolute atomic E-state index is 13.4. The van der Waals surface area contributed by atoms with Crippen LogP contribution in [0.3, 0.4) is 0 Å². The predicted molar refractivity (Wildman–Crippen MR) is 95.1 cm³/mol. The molecule has 1 saturated carbocycles. The quantitative estimate of drug-likeness (QED) is 0.537. The molecule has 0 N–H and O–H groups in total. The molecule has 0 radical (unpaired) electrons. The standard InChI is InChI=1S/C21H30O2/c1-7-15-14(3)11-12-16(20(15,4)5)19(23)18-17(22)10-9-13-21(18,6)8-2/h7-8,16,18H,1-2,9-13H2,3-6H3/t16-,18-,21+/m0/s1. The molecule has 0 aliphatic heterocycles. The van der Waals surface area contributed by atoms with E-state index in [-0.39, 0.29) is 22.9 Å². The van der Waals surface area contributed by atoms with Gasteiger partial charge in [-0.3, -0.25) is 9.59 Å². The molecular weight excluding hydrogens is 284 g/mol. The minimum Gasteiger partial charge on any atom is -0.299 e. The highest BCUT2D eigenvalue weighted by Crippen LogP contribution is 2.50. The Hall–Kier alpha value is -1.44. The van der Waals surface area contributed by atoms with Crippen molar-refractivity contribution < 1.29 is 9.59 Å². The second-order valence-electron chi connectivity index (χ2n) is 8.08. The first-order valence-electron chi connectivity index (χ1n) is 8.71. The Morgan fingerprint density at radius 2 is 1.87 bits per heavy atom. The summed E-state index contributed by atoms with van der Waals surface area (Å²) in [6.45, 7) is 16.2. The molecule has 2 aliphatic carbocycles. The largest absolute Gasteiger partial charge is 0.299 e. The van der Waals surface area contributed by atoms with Crippen molar-refractivity contribution in [3.8, 4) is 0 Å². The second kappa shape index (κ2) is 6.22. The van der Waals surface area contributed by atoms with Gasteiger partial charge in [0.1, 0.15) is 11.6 Å². The van der Waals surface area contributed by atoms with Crippen LogP contribution in [0.1, 0.15) is 59.8 Å². The Morgan fingerprint density at radius 3 is 2.43 bits per heavy atom. The number of hydrogen-bond donors (Lipinski definition) is 0. The molecule has 126 valence electrons. The zero-order chi connectivity index (χ0) is 17.4. The van der Waals surface area contributed by atoms with Crippen molar-refractivity contribution >= 4 is 11.6 Å². The van der Waals surface area contributed by atoms with Gasteiger partial charge in [-0.05, 0) is 43.6 Å². The third-order valence-electron chi connectivity index (χ3n) is 6.25. The lowest BCUT2D eigenvalue weighted by atomic mass is 9.57. The molecule has 1 fully saturated rings. The summed E-state index contributed by atoms with van der Waals surface area (Å²) in [6.07, 6.45) is 7.71. The molecule has 0 amide bonds. The number of carbonyl (C=O) groups excluding carboxylic acids is 2. The van der Waals surface area contributed by atoms with Crippen molar-refractivity contribution in [2.75, 3.05) is 0 Å². The molecule has 0 unspecified atom stereocenters. The molecule has 23 heavy (non-hydrogen) atoms. The van der Waals surface area contributed by atoms with E-state index < -0.39 is 11.3 Å². The fourth-order valence-corrected chi connectivity index (χ4v) is 4.73. The molecule has 2 aliphatic rings. The van der Waals surface area contributed by atoms with Crippen LogP contribution in [0.2, 0.25) is 0 Å². The van der Waals surface area contributed by atoms with Gasteiger partial charge in [-0.1, -0.05) is 45.1 Å². The summed E-state index contributed by atoms with van der Waals surface area (Å²) in [6, 6.07) is 0. The van der Waals surface area contributed by atoms with Crippen molar-refractivity contribution in [3.63, 3.8) is 0 Å². The van der Waals surface area contributed by atoms with E-state index in [0.717, 1.165) is 25.7 Å². The van der Waals surface area contributed by atoms with E-state index in [4.69, 9.17) is 0 Å². The molecule has 3 atom stereocenters. The van der Waals surface area contributed by atoms with Gasteiger partial charge in [-0.2, -0.15) is 0 Å². The smallest absolute Gasteiger partial charge is 0.148 e. The molecule has 0 bridgehead atoms. The lowest BCUT2D eigenvalue weighted by Gasteiger charge is -2.45. The van der Waals surface area contributed by atoms with E-state index in [1.807, 2.05) is 19.1 Å². The predicted octanol–water partition coefficient (Wildman–Crippen LogP) is 5.06. The number of hydrogen-bond acceptors (Lipinski definition) is 2. The maximum Gasteiger partial charge on any atom is 0.148 e. The molecule has 0 aromatic heterocycles. The van der Waals surface area contributed by atoms with Crippen LogP contribution < -0.4 is 0 Å².